The molecule has 0 spiro atoms. The van der Waals surface area contributed by atoms with Gasteiger partial charge in [0, 0.05) is 17.8 Å². The van der Waals surface area contributed by atoms with E-state index in [0.717, 1.165) is 17.8 Å². The van der Waals surface area contributed by atoms with Crippen molar-refractivity contribution in [3.8, 4) is 0 Å². The summed E-state index contributed by atoms with van der Waals surface area (Å²) in [6.45, 7) is 3.30. The minimum Gasteiger partial charge on any atom is -0.354 e. The minimum absolute atomic E-state index is 0.238. The lowest BCUT2D eigenvalue weighted by Crippen LogP contribution is -2.18. The zero-order chi connectivity index (χ0) is 21.2. The lowest BCUT2D eigenvalue weighted by Gasteiger charge is -2.17. The number of fused-ring (bicyclic) bond motifs is 1. The molecule has 3 aromatic carbocycles. The van der Waals surface area contributed by atoms with Crippen LogP contribution < -0.4 is 10.6 Å². The van der Waals surface area contributed by atoms with E-state index in [1.165, 1.54) is 43.6 Å². The van der Waals surface area contributed by atoms with Crippen LogP contribution >= 0.6 is 0 Å². The first kappa shape index (κ1) is 19.5. The summed E-state index contributed by atoms with van der Waals surface area (Å²) in [6.07, 6.45) is 2.56. The Morgan fingerprint density at radius 2 is 1.71 bits per heavy atom. The number of rotatable bonds is 5. The topological polar surface area (TPSA) is 44.4 Å². The van der Waals surface area contributed by atoms with Crippen LogP contribution in [0.4, 0.5) is 15.8 Å². The van der Waals surface area contributed by atoms with Crippen LogP contribution in [0.25, 0.3) is 11.3 Å². The van der Waals surface area contributed by atoms with Crippen LogP contribution in [0.2, 0.25) is 0 Å². The number of nitrogens with zero attached hydrogens (tertiary/aromatic N) is 1. The van der Waals surface area contributed by atoms with Crippen LogP contribution in [0.15, 0.2) is 72.8 Å². The summed E-state index contributed by atoms with van der Waals surface area (Å²) < 4.78 is 13.7. The van der Waals surface area contributed by atoms with Crippen LogP contribution in [0, 0.1) is 5.82 Å². The number of likely N-dealkylation sites (tertiary alicyclic amines) is 1. The highest BCUT2D eigenvalue weighted by Gasteiger charge is 2.28. The van der Waals surface area contributed by atoms with Crippen LogP contribution in [-0.4, -0.2) is 23.9 Å². The zero-order valence-corrected chi connectivity index (χ0v) is 17.2. The molecule has 1 amide bonds. The third kappa shape index (κ3) is 4.09. The first-order valence-corrected chi connectivity index (χ1v) is 10.7. The van der Waals surface area contributed by atoms with Gasteiger partial charge in [-0.2, -0.15) is 0 Å². The second-order valence-corrected chi connectivity index (χ2v) is 8.07. The van der Waals surface area contributed by atoms with Crippen molar-refractivity contribution in [1.82, 2.24) is 4.90 Å². The fourth-order valence-corrected chi connectivity index (χ4v) is 4.31. The Bertz CT molecular complexity index is 1130. The normalized spacial score (nSPS) is 17.4. The SMILES string of the molecule is O=C1Nc2cc(F)ccc2C1=C(Nc1ccc(CN2CCCC2)cc1)c1ccccc1. The summed E-state index contributed by atoms with van der Waals surface area (Å²) in [5.74, 6) is -0.610. The molecular weight excluding hydrogens is 389 g/mol. The van der Waals surface area contributed by atoms with E-state index in [1.807, 2.05) is 42.5 Å². The van der Waals surface area contributed by atoms with Crippen molar-refractivity contribution >= 4 is 28.6 Å². The molecule has 0 saturated carbocycles. The van der Waals surface area contributed by atoms with Gasteiger partial charge in [-0.1, -0.05) is 42.5 Å². The molecule has 2 aliphatic heterocycles. The Morgan fingerprint density at radius 3 is 2.45 bits per heavy atom. The van der Waals surface area contributed by atoms with Gasteiger partial charge in [0.05, 0.1) is 17.0 Å². The van der Waals surface area contributed by atoms with Crippen molar-refractivity contribution in [2.45, 2.75) is 19.4 Å². The summed E-state index contributed by atoms with van der Waals surface area (Å²) in [4.78, 5) is 15.3. The van der Waals surface area contributed by atoms with Gasteiger partial charge in [0.1, 0.15) is 5.82 Å². The summed E-state index contributed by atoms with van der Waals surface area (Å²) in [6, 6.07) is 22.5. The van der Waals surface area contributed by atoms with Gasteiger partial charge >= 0.3 is 0 Å². The van der Waals surface area contributed by atoms with Gasteiger partial charge in [-0.05, 0) is 67.4 Å². The Hall–Kier alpha value is -3.44. The quantitative estimate of drug-likeness (QED) is 0.554. The number of carbonyl (C=O) groups is 1. The summed E-state index contributed by atoms with van der Waals surface area (Å²) in [7, 11) is 0. The number of benzene rings is 3. The highest BCUT2D eigenvalue weighted by Crippen LogP contribution is 2.37. The van der Waals surface area contributed by atoms with Gasteiger partial charge in [-0.3, -0.25) is 9.69 Å². The lowest BCUT2D eigenvalue weighted by atomic mass is 10.00. The second kappa shape index (κ2) is 8.36. The predicted molar refractivity (Wildman–Crippen MR) is 123 cm³/mol. The van der Waals surface area contributed by atoms with Crippen molar-refractivity contribution in [2.24, 2.45) is 0 Å². The molecule has 0 atom stereocenters. The molecule has 0 bridgehead atoms. The van der Waals surface area contributed by atoms with Crippen LogP contribution in [0.5, 0.6) is 0 Å². The number of anilines is 2. The summed E-state index contributed by atoms with van der Waals surface area (Å²) >= 11 is 0. The third-order valence-electron chi connectivity index (χ3n) is 5.87. The summed E-state index contributed by atoms with van der Waals surface area (Å²) in [5, 5.41) is 6.25. The van der Waals surface area contributed by atoms with Crippen molar-refractivity contribution < 1.29 is 9.18 Å². The average molecular weight is 413 g/mol. The van der Waals surface area contributed by atoms with Crippen LogP contribution in [0.1, 0.15) is 29.5 Å². The molecule has 5 heteroatoms. The van der Waals surface area contributed by atoms with Crippen molar-refractivity contribution in [3.63, 3.8) is 0 Å². The van der Waals surface area contributed by atoms with Crippen LogP contribution in [0.3, 0.4) is 0 Å². The van der Waals surface area contributed by atoms with Crippen LogP contribution in [-0.2, 0) is 11.3 Å². The molecule has 1 saturated heterocycles. The Labute approximate surface area is 181 Å². The molecule has 1 fully saturated rings. The summed E-state index contributed by atoms with van der Waals surface area (Å²) in [5.41, 5.74) is 5.49. The molecule has 2 aliphatic rings. The average Bonchev–Trinajstić information content (AvgIpc) is 3.40. The standard InChI is InChI=1S/C26H24FN3O/c27-20-10-13-22-23(16-20)29-26(31)24(22)25(19-6-2-1-3-7-19)28-21-11-8-18(9-12-21)17-30-14-4-5-15-30/h1-3,6-13,16,28H,4-5,14-15,17H2,(H,29,31). The number of carbonyl (C=O) groups excluding carboxylic acids is 1. The molecule has 0 radical (unpaired) electrons. The molecule has 156 valence electrons. The van der Waals surface area contributed by atoms with E-state index >= 15 is 0 Å². The third-order valence-corrected chi connectivity index (χ3v) is 5.87. The van der Waals surface area contributed by atoms with Gasteiger partial charge in [0.2, 0.25) is 0 Å². The molecule has 31 heavy (non-hydrogen) atoms. The molecule has 0 aromatic heterocycles. The van der Waals surface area contributed by atoms with Gasteiger partial charge < -0.3 is 10.6 Å². The van der Waals surface area contributed by atoms with E-state index in [2.05, 4.69) is 27.7 Å². The Balaban J connectivity index is 1.50. The van der Waals surface area contributed by atoms with E-state index < -0.39 is 0 Å². The van der Waals surface area contributed by atoms with Crippen molar-refractivity contribution in [1.29, 1.82) is 0 Å². The van der Waals surface area contributed by atoms with Gasteiger partial charge in [0.25, 0.3) is 5.91 Å². The van der Waals surface area contributed by atoms with Crippen molar-refractivity contribution in [3.05, 3.63) is 95.3 Å². The number of hydrogen-bond donors (Lipinski definition) is 2. The molecule has 5 rings (SSSR count). The van der Waals surface area contributed by atoms with Gasteiger partial charge in [-0.25, -0.2) is 4.39 Å². The van der Waals surface area contributed by atoms with E-state index in [-0.39, 0.29) is 11.7 Å². The second-order valence-electron chi connectivity index (χ2n) is 8.07. The smallest absolute Gasteiger partial charge is 0.258 e. The minimum atomic E-state index is -0.372. The maximum atomic E-state index is 13.7. The fourth-order valence-electron chi connectivity index (χ4n) is 4.31. The number of hydrogen-bond acceptors (Lipinski definition) is 3. The number of halogens is 1. The molecular formula is C26H24FN3O. The Kier molecular flexibility index (Phi) is 5.26. The Morgan fingerprint density at radius 1 is 0.968 bits per heavy atom. The van der Waals surface area contributed by atoms with E-state index in [4.69, 9.17) is 0 Å². The monoisotopic (exact) mass is 413 g/mol. The fraction of sp³-hybridized carbons (Fsp3) is 0.192. The molecule has 2 heterocycles. The molecule has 0 unspecified atom stereocenters. The maximum Gasteiger partial charge on any atom is 0.258 e. The van der Waals surface area contributed by atoms with E-state index in [0.29, 0.717) is 22.5 Å². The van der Waals surface area contributed by atoms with Gasteiger partial charge in [0.15, 0.2) is 0 Å². The van der Waals surface area contributed by atoms with Gasteiger partial charge in [-0.15, -0.1) is 0 Å². The predicted octanol–water partition coefficient (Wildman–Crippen LogP) is 5.35. The first-order valence-electron chi connectivity index (χ1n) is 10.7. The van der Waals surface area contributed by atoms with E-state index in [1.54, 1.807) is 6.07 Å². The molecule has 3 aromatic rings. The highest BCUT2D eigenvalue weighted by molar-refractivity contribution is 6.37. The largest absolute Gasteiger partial charge is 0.354 e. The molecule has 4 nitrogen and oxygen atoms in total. The highest BCUT2D eigenvalue weighted by atomic mass is 19.1. The zero-order valence-electron chi connectivity index (χ0n) is 17.2. The van der Waals surface area contributed by atoms with E-state index in [9.17, 15) is 9.18 Å². The first-order chi connectivity index (χ1) is 15.2. The number of nitrogens with one attached hydrogen (secondary N) is 2. The lowest BCUT2D eigenvalue weighted by molar-refractivity contribution is -0.110. The molecule has 0 aliphatic carbocycles. The maximum absolute atomic E-state index is 13.7. The molecule has 2 N–H and O–H groups in total. The van der Waals surface area contributed by atoms with Crippen molar-refractivity contribution in [2.75, 3.05) is 23.7 Å². The number of amides is 1.